The van der Waals surface area contributed by atoms with Gasteiger partial charge in [0.05, 0.1) is 10.4 Å². The maximum Gasteiger partial charge on any atom is 0.319 e. The molecule has 2 N–H and O–H groups in total. The van der Waals surface area contributed by atoms with Gasteiger partial charge in [-0.2, -0.15) is 0 Å². The van der Waals surface area contributed by atoms with Gasteiger partial charge in [0.25, 0.3) is 0 Å². The summed E-state index contributed by atoms with van der Waals surface area (Å²) in [6.45, 7) is 2.22. The lowest BCUT2D eigenvalue weighted by atomic mass is 10.2. The molecule has 3 rings (SSSR count). The summed E-state index contributed by atoms with van der Waals surface area (Å²) in [4.78, 5) is 17.1. The van der Waals surface area contributed by atoms with Crippen LogP contribution in [0.3, 0.4) is 0 Å². The Morgan fingerprint density at radius 2 is 2.23 bits per heavy atom. The van der Waals surface area contributed by atoms with Gasteiger partial charge in [-0.15, -0.1) is 11.3 Å². The highest BCUT2D eigenvalue weighted by atomic mass is 32.1. The predicted molar refractivity (Wildman–Crippen MR) is 86.6 cm³/mol. The molecule has 2 amide bonds. The summed E-state index contributed by atoms with van der Waals surface area (Å²) in [5.41, 5.74) is 1.50. The summed E-state index contributed by atoms with van der Waals surface area (Å²) >= 11 is 1.58. The Bertz CT molecular complexity index is 831. The quantitative estimate of drug-likeness (QED) is 0.765. The van der Waals surface area contributed by atoms with E-state index < -0.39 is 0 Å². The molecule has 0 aliphatic rings. The number of urea groups is 1. The molecule has 0 fully saturated rings. The van der Waals surface area contributed by atoms with E-state index in [-0.39, 0.29) is 18.4 Å². The van der Waals surface area contributed by atoms with Crippen LogP contribution in [-0.2, 0) is 6.54 Å². The number of anilines is 1. The van der Waals surface area contributed by atoms with Crippen molar-refractivity contribution in [3.8, 4) is 0 Å². The summed E-state index contributed by atoms with van der Waals surface area (Å²) in [7, 11) is 0. The molecule has 0 bridgehead atoms. The number of benzene rings is 1. The Kier molecular flexibility index (Phi) is 4.02. The molecule has 22 heavy (non-hydrogen) atoms. The van der Waals surface area contributed by atoms with E-state index in [1.54, 1.807) is 35.9 Å². The molecule has 6 heteroatoms. The van der Waals surface area contributed by atoms with Crippen molar-refractivity contribution in [2.75, 3.05) is 5.32 Å². The summed E-state index contributed by atoms with van der Waals surface area (Å²) in [6, 6.07) is 7.72. The van der Waals surface area contributed by atoms with Crippen LogP contribution in [-0.4, -0.2) is 11.0 Å². The van der Waals surface area contributed by atoms with Crippen molar-refractivity contribution in [1.29, 1.82) is 0 Å². The Labute approximate surface area is 131 Å². The fourth-order valence-corrected chi connectivity index (χ4v) is 3.20. The van der Waals surface area contributed by atoms with Crippen LogP contribution in [0.25, 0.3) is 10.1 Å². The molecule has 0 radical (unpaired) electrons. The van der Waals surface area contributed by atoms with E-state index in [4.69, 9.17) is 0 Å². The number of carbonyl (C=O) groups excluding carboxylic acids is 1. The van der Waals surface area contributed by atoms with Gasteiger partial charge in [0, 0.05) is 29.2 Å². The van der Waals surface area contributed by atoms with Crippen LogP contribution < -0.4 is 10.6 Å². The molecule has 0 atom stereocenters. The van der Waals surface area contributed by atoms with Crippen LogP contribution in [0, 0.1) is 12.7 Å². The van der Waals surface area contributed by atoms with Gasteiger partial charge in [0.2, 0.25) is 0 Å². The minimum atomic E-state index is -0.316. The number of amides is 2. The number of halogens is 1. The number of aryl methyl sites for hydroxylation is 1. The molecule has 0 saturated heterocycles. The Morgan fingerprint density at radius 1 is 1.36 bits per heavy atom. The number of hydrogen-bond donors (Lipinski definition) is 2. The van der Waals surface area contributed by atoms with Crippen molar-refractivity contribution < 1.29 is 9.18 Å². The van der Waals surface area contributed by atoms with Gasteiger partial charge in [0.15, 0.2) is 0 Å². The molecular formula is C16H14FN3OS. The van der Waals surface area contributed by atoms with Crippen molar-refractivity contribution in [2.45, 2.75) is 13.5 Å². The molecule has 1 aromatic carbocycles. The van der Waals surface area contributed by atoms with Gasteiger partial charge in [-0.05, 0) is 30.7 Å². The van der Waals surface area contributed by atoms with Crippen LogP contribution >= 0.6 is 11.3 Å². The van der Waals surface area contributed by atoms with Gasteiger partial charge < -0.3 is 10.6 Å². The smallest absolute Gasteiger partial charge is 0.319 e. The number of thiophene rings is 1. The topological polar surface area (TPSA) is 54.0 Å². The second kappa shape index (κ2) is 6.11. The molecule has 2 aromatic heterocycles. The lowest BCUT2D eigenvalue weighted by Crippen LogP contribution is -2.28. The van der Waals surface area contributed by atoms with Crippen LogP contribution in [0.15, 0.2) is 42.7 Å². The molecule has 3 aromatic rings. The molecule has 112 valence electrons. The van der Waals surface area contributed by atoms with Crippen LogP contribution in [0.4, 0.5) is 14.9 Å². The fraction of sp³-hybridized carbons (Fsp3) is 0.125. The Hall–Kier alpha value is -2.47. The Morgan fingerprint density at radius 3 is 3.05 bits per heavy atom. The van der Waals surface area contributed by atoms with Gasteiger partial charge in [-0.25, -0.2) is 9.18 Å². The first-order chi connectivity index (χ1) is 10.6. The second-order valence-corrected chi connectivity index (χ2v) is 6.10. The lowest BCUT2D eigenvalue weighted by Gasteiger charge is -2.08. The predicted octanol–water partition coefficient (Wildman–Crippen LogP) is 4.07. The van der Waals surface area contributed by atoms with E-state index >= 15 is 0 Å². The average molecular weight is 315 g/mol. The van der Waals surface area contributed by atoms with E-state index in [1.807, 2.05) is 13.0 Å². The van der Waals surface area contributed by atoms with Crippen molar-refractivity contribution >= 4 is 33.1 Å². The minimum Gasteiger partial charge on any atom is -0.334 e. The van der Waals surface area contributed by atoms with E-state index in [0.717, 1.165) is 20.7 Å². The van der Waals surface area contributed by atoms with E-state index in [2.05, 4.69) is 15.6 Å². The monoisotopic (exact) mass is 315 g/mol. The van der Waals surface area contributed by atoms with Crippen molar-refractivity contribution in [3.63, 3.8) is 0 Å². The number of aromatic nitrogens is 1. The molecule has 0 aliphatic heterocycles. The summed E-state index contributed by atoms with van der Waals surface area (Å²) < 4.78 is 14.1. The zero-order valence-corrected chi connectivity index (χ0v) is 12.7. The number of nitrogens with zero attached hydrogens (tertiary/aromatic N) is 1. The molecule has 0 saturated carbocycles. The number of pyridine rings is 1. The molecule has 0 unspecified atom stereocenters. The van der Waals surface area contributed by atoms with Crippen molar-refractivity contribution in [2.24, 2.45) is 0 Å². The fourth-order valence-electron chi connectivity index (χ4n) is 2.22. The van der Waals surface area contributed by atoms with Gasteiger partial charge in [0.1, 0.15) is 5.82 Å². The number of hydrogen-bond acceptors (Lipinski definition) is 3. The third-order valence-corrected chi connectivity index (χ3v) is 4.31. The minimum absolute atomic E-state index is 0.270. The average Bonchev–Trinajstić information content (AvgIpc) is 2.81. The largest absolute Gasteiger partial charge is 0.334 e. The zero-order valence-electron chi connectivity index (χ0n) is 11.9. The van der Waals surface area contributed by atoms with Crippen molar-refractivity contribution in [3.05, 3.63) is 59.0 Å². The SMILES string of the molecule is Cc1sc2cnccc2c1NC(=O)NCc1cccc(F)c1. The highest BCUT2D eigenvalue weighted by molar-refractivity contribution is 7.19. The first-order valence-electron chi connectivity index (χ1n) is 6.76. The zero-order chi connectivity index (χ0) is 15.5. The highest BCUT2D eigenvalue weighted by Crippen LogP contribution is 2.34. The normalized spacial score (nSPS) is 10.6. The van der Waals surface area contributed by atoms with Gasteiger partial charge >= 0.3 is 6.03 Å². The van der Waals surface area contributed by atoms with E-state index in [0.29, 0.717) is 5.56 Å². The maximum atomic E-state index is 13.1. The van der Waals surface area contributed by atoms with E-state index in [1.165, 1.54) is 12.1 Å². The molecule has 2 heterocycles. The molecule has 0 spiro atoms. The number of rotatable bonds is 3. The standard InChI is InChI=1S/C16H14FN3OS/c1-10-15(13-5-6-18-9-14(13)22-10)20-16(21)19-8-11-3-2-4-12(17)7-11/h2-7,9H,8H2,1H3,(H2,19,20,21). The molecule has 4 nitrogen and oxygen atoms in total. The van der Waals surface area contributed by atoms with E-state index in [9.17, 15) is 9.18 Å². The third kappa shape index (κ3) is 3.07. The lowest BCUT2D eigenvalue weighted by molar-refractivity contribution is 0.251. The van der Waals surface area contributed by atoms with Gasteiger partial charge in [-0.1, -0.05) is 12.1 Å². The molecular weight excluding hydrogens is 301 g/mol. The maximum absolute atomic E-state index is 13.1. The first kappa shape index (κ1) is 14.5. The summed E-state index contributed by atoms with van der Waals surface area (Å²) in [5.74, 6) is -0.313. The van der Waals surface area contributed by atoms with Crippen molar-refractivity contribution in [1.82, 2.24) is 10.3 Å². The van der Waals surface area contributed by atoms with Crippen LogP contribution in [0.5, 0.6) is 0 Å². The Balaban J connectivity index is 1.70. The number of nitrogens with one attached hydrogen (secondary N) is 2. The van der Waals surface area contributed by atoms with Crippen LogP contribution in [0.2, 0.25) is 0 Å². The summed E-state index contributed by atoms with van der Waals surface area (Å²) in [5, 5.41) is 6.56. The number of carbonyl (C=O) groups is 1. The second-order valence-electron chi connectivity index (χ2n) is 4.84. The number of fused-ring (bicyclic) bond motifs is 1. The van der Waals surface area contributed by atoms with Crippen LogP contribution in [0.1, 0.15) is 10.4 Å². The first-order valence-corrected chi connectivity index (χ1v) is 7.57. The molecule has 0 aliphatic carbocycles. The summed E-state index contributed by atoms with van der Waals surface area (Å²) in [6.07, 6.45) is 3.48. The third-order valence-electron chi connectivity index (χ3n) is 3.25. The van der Waals surface area contributed by atoms with Gasteiger partial charge in [-0.3, -0.25) is 4.98 Å². The highest BCUT2D eigenvalue weighted by Gasteiger charge is 2.11.